The molecule has 1 saturated heterocycles. The van der Waals surface area contributed by atoms with Gasteiger partial charge in [0.1, 0.15) is 5.82 Å². The van der Waals surface area contributed by atoms with E-state index in [0.29, 0.717) is 0 Å². The van der Waals surface area contributed by atoms with Gasteiger partial charge in [-0.15, -0.1) is 0 Å². The summed E-state index contributed by atoms with van der Waals surface area (Å²) in [5.74, 6) is -1.83. The fraction of sp³-hybridized carbons (Fsp3) is 0.250. The van der Waals surface area contributed by atoms with E-state index in [1.165, 1.54) is 18.2 Å². The van der Waals surface area contributed by atoms with E-state index in [-0.39, 0.29) is 18.7 Å². The zero-order chi connectivity index (χ0) is 19.3. The third-order valence-electron chi connectivity index (χ3n) is 5.18. The van der Waals surface area contributed by atoms with Crippen molar-refractivity contribution in [1.82, 2.24) is 5.32 Å². The van der Waals surface area contributed by atoms with Crippen LogP contribution in [0.1, 0.15) is 11.1 Å². The number of aryl methyl sites for hydroxylation is 1. The van der Waals surface area contributed by atoms with E-state index in [4.69, 9.17) is 0 Å². The summed E-state index contributed by atoms with van der Waals surface area (Å²) in [5.41, 5.74) is 1.47. The van der Waals surface area contributed by atoms with Crippen molar-refractivity contribution in [2.45, 2.75) is 13.3 Å². The van der Waals surface area contributed by atoms with Crippen LogP contribution >= 0.6 is 0 Å². The van der Waals surface area contributed by atoms with Crippen molar-refractivity contribution in [3.8, 4) is 0 Å². The third-order valence-corrected chi connectivity index (χ3v) is 5.18. The lowest BCUT2D eigenvalue weighted by Gasteiger charge is -2.45. The Balaban J connectivity index is 1.81. The number of nitrogens with zero attached hydrogens (tertiary/aromatic N) is 2. The summed E-state index contributed by atoms with van der Waals surface area (Å²) in [4.78, 5) is 41.2. The summed E-state index contributed by atoms with van der Waals surface area (Å²) in [6, 6.07) is 10.2. The number of halogens is 1. The SMILES string of the molecule is Cc1ccc2c(c1)C[C@@]1(CN2C)C(=O)NC(=O)N(c2cccc(F)c2)C1=O. The largest absolute Gasteiger partial charge is 0.373 e. The number of nitrogens with one attached hydrogen (secondary N) is 1. The highest BCUT2D eigenvalue weighted by Gasteiger charge is 2.56. The van der Waals surface area contributed by atoms with Gasteiger partial charge in [0.05, 0.1) is 5.69 Å². The van der Waals surface area contributed by atoms with Crippen LogP contribution in [0.15, 0.2) is 42.5 Å². The average Bonchev–Trinajstić information content (AvgIpc) is 2.60. The highest BCUT2D eigenvalue weighted by molar-refractivity contribution is 6.30. The van der Waals surface area contributed by atoms with Gasteiger partial charge < -0.3 is 4.90 Å². The average molecular weight is 367 g/mol. The highest BCUT2D eigenvalue weighted by Crippen LogP contribution is 2.40. The molecule has 2 heterocycles. The second-order valence-corrected chi connectivity index (χ2v) is 7.13. The molecule has 4 amide bonds. The van der Waals surface area contributed by atoms with Gasteiger partial charge in [0.15, 0.2) is 5.41 Å². The lowest BCUT2D eigenvalue weighted by Crippen LogP contribution is -2.68. The minimum absolute atomic E-state index is 0.0991. The van der Waals surface area contributed by atoms with Gasteiger partial charge in [-0.25, -0.2) is 14.1 Å². The molecule has 0 aromatic heterocycles. The summed E-state index contributed by atoms with van der Waals surface area (Å²) < 4.78 is 13.6. The summed E-state index contributed by atoms with van der Waals surface area (Å²) in [7, 11) is 1.80. The molecule has 1 atom stereocenters. The predicted molar refractivity (Wildman–Crippen MR) is 98.0 cm³/mol. The molecular formula is C20H18FN3O3. The Kier molecular flexibility index (Phi) is 3.76. The molecule has 2 aliphatic heterocycles. The number of rotatable bonds is 1. The van der Waals surface area contributed by atoms with Crippen molar-refractivity contribution in [3.05, 3.63) is 59.4 Å². The number of benzene rings is 2. The summed E-state index contributed by atoms with van der Waals surface area (Å²) in [6.45, 7) is 2.07. The number of carbonyl (C=O) groups is 3. The first-order chi connectivity index (χ1) is 12.8. The van der Waals surface area contributed by atoms with Crippen molar-refractivity contribution >= 4 is 29.2 Å². The second-order valence-electron chi connectivity index (χ2n) is 7.13. The maximum Gasteiger partial charge on any atom is 0.335 e. The van der Waals surface area contributed by atoms with Gasteiger partial charge in [-0.1, -0.05) is 23.8 Å². The van der Waals surface area contributed by atoms with E-state index in [2.05, 4.69) is 5.32 Å². The van der Waals surface area contributed by atoms with Gasteiger partial charge in [0.25, 0.3) is 5.91 Å². The molecular weight excluding hydrogens is 349 g/mol. The van der Waals surface area contributed by atoms with Crippen LogP contribution in [0.4, 0.5) is 20.6 Å². The van der Waals surface area contributed by atoms with Gasteiger partial charge in [0, 0.05) is 19.3 Å². The monoisotopic (exact) mass is 367 g/mol. The van der Waals surface area contributed by atoms with E-state index in [9.17, 15) is 18.8 Å². The maximum atomic E-state index is 13.6. The zero-order valence-corrected chi connectivity index (χ0v) is 15.0. The van der Waals surface area contributed by atoms with Crippen molar-refractivity contribution < 1.29 is 18.8 Å². The van der Waals surface area contributed by atoms with Crippen LogP contribution in [0.5, 0.6) is 0 Å². The zero-order valence-electron chi connectivity index (χ0n) is 15.0. The smallest absolute Gasteiger partial charge is 0.335 e. The summed E-state index contributed by atoms with van der Waals surface area (Å²) in [6.07, 6.45) is 0.179. The number of fused-ring (bicyclic) bond motifs is 1. The molecule has 0 unspecified atom stereocenters. The predicted octanol–water partition coefficient (Wildman–Crippen LogP) is 2.40. The van der Waals surface area contributed by atoms with Crippen molar-refractivity contribution in [2.24, 2.45) is 5.41 Å². The molecule has 2 aliphatic rings. The molecule has 0 bridgehead atoms. The van der Waals surface area contributed by atoms with E-state index in [1.807, 2.05) is 30.0 Å². The number of imide groups is 2. The molecule has 0 saturated carbocycles. The molecule has 27 heavy (non-hydrogen) atoms. The van der Waals surface area contributed by atoms with Crippen LogP contribution < -0.4 is 15.1 Å². The molecule has 2 aromatic rings. The number of hydrogen-bond acceptors (Lipinski definition) is 4. The van der Waals surface area contributed by atoms with Crippen LogP contribution in [-0.2, 0) is 16.0 Å². The van der Waals surface area contributed by atoms with Crippen molar-refractivity contribution in [2.75, 3.05) is 23.4 Å². The van der Waals surface area contributed by atoms with E-state index < -0.39 is 29.1 Å². The summed E-state index contributed by atoms with van der Waals surface area (Å²) in [5, 5.41) is 2.28. The fourth-order valence-corrected chi connectivity index (χ4v) is 3.92. The fourth-order valence-electron chi connectivity index (χ4n) is 3.92. The van der Waals surface area contributed by atoms with Crippen LogP contribution in [0, 0.1) is 18.2 Å². The summed E-state index contributed by atoms with van der Waals surface area (Å²) >= 11 is 0. The van der Waals surface area contributed by atoms with Gasteiger partial charge in [-0.3, -0.25) is 14.9 Å². The molecule has 4 rings (SSSR count). The van der Waals surface area contributed by atoms with Gasteiger partial charge in [-0.05, 0) is 43.2 Å². The molecule has 1 N–H and O–H groups in total. The van der Waals surface area contributed by atoms with Crippen LogP contribution in [0.25, 0.3) is 0 Å². The number of urea groups is 1. The number of amides is 4. The van der Waals surface area contributed by atoms with Crippen molar-refractivity contribution in [3.63, 3.8) is 0 Å². The lowest BCUT2D eigenvalue weighted by atomic mass is 9.74. The number of anilines is 2. The molecule has 1 fully saturated rings. The molecule has 138 valence electrons. The first kappa shape index (κ1) is 17.2. The Morgan fingerprint density at radius 2 is 1.89 bits per heavy atom. The van der Waals surface area contributed by atoms with Gasteiger partial charge in [-0.2, -0.15) is 0 Å². The molecule has 2 aromatic carbocycles. The van der Waals surface area contributed by atoms with E-state index in [1.54, 1.807) is 7.05 Å². The normalized spacial score (nSPS) is 22.1. The Morgan fingerprint density at radius 3 is 2.63 bits per heavy atom. The second kappa shape index (κ2) is 5.90. The molecule has 1 spiro atoms. The minimum Gasteiger partial charge on any atom is -0.373 e. The Bertz CT molecular complexity index is 990. The van der Waals surface area contributed by atoms with Crippen LogP contribution in [0.3, 0.4) is 0 Å². The minimum atomic E-state index is -1.45. The Labute approximate surface area is 155 Å². The molecule has 7 heteroatoms. The molecule has 6 nitrogen and oxygen atoms in total. The standard InChI is InChI=1S/C20H18FN3O3/c1-12-6-7-16-13(8-12)10-20(11-23(16)2)17(25)22-19(27)24(18(20)26)15-5-3-4-14(21)9-15/h3-9H,10-11H2,1-2H3,(H,22,25,27)/t20-/m1/s1. The number of barbiturate groups is 1. The quantitative estimate of drug-likeness (QED) is 0.786. The molecule has 0 radical (unpaired) electrons. The maximum absolute atomic E-state index is 13.6. The van der Waals surface area contributed by atoms with Gasteiger partial charge >= 0.3 is 6.03 Å². The number of carbonyl (C=O) groups excluding carboxylic acids is 3. The van der Waals surface area contributed by atoms with Crippen LogP contribution in [-0.4, -0.2) is 31.4 Å². The topological polar surface area (TPSA) is 69.7 Å². The van der Waals surface area contributed by atoms with E-state index in [0.717, 1.165) is 27.8 Å². The molecule has 0 aliphatic carbocycles. The first-order valence-electron chi connectivity index (χ1n) is 8.58. The first-order valence-corrected chi connectivity index (χ1v) is 8.58. The van der Waals surface area contributed by atoms with E-state index >= 15 is 0 Å². The third kappa shape index (κ3) is 2.58. The number of hydrogen-bond donors (Lipinski definition) is 1. The highest BCUT2D eigenvalue weighted by atomic mass is 19.1. The Hall–Kier alpha value is -3.22. The Morgan fingerprint density at radius 1 is 1.11 bits per heavy atom. The van der Waals surface area contributed by atoms with Crippen molar-refractivity contribution in [1.29, 1.82) is 0 Å². The van der Waals surface area contributed by atoms with Gasteiger partial charge in [0.2, 0.25) is 5.91 Å². The van der Waals surface area contributed by atoms with Crippen LogP contribution in [0.2, 0.25) is 0 Å². The lowest BCUT2D eigenvalue weighted by molar-refractivity contribution is -0.142.